The minimum Gasteiger partial charge on any atom is -0.465 e. The summed E-state index contributed by atoms with van der Waals surface area (Å²) in [7, 11) is 0. The molecule has 0 aromatic heterocycles. The van der Waals surface area contributed by atoms with Gasteiger partial charge in [-0.1, -0.05) is 34.6 Å². The fourth-order valence-corrected chi connectivity index (χ4v) is 7.38. The van der Waals surface area contributed by atoms with Crippen LogP contribution in [0, 0.1) is 22.7 Å². The first-order valence-corrected chi connectivity index (χ1v) is 14.1. The number of cyclic esters (lactones) is 1. The lowest BCUT2D eigenvalue weighted by Crippen LogP contribution is -2.62. The summed E-state index contributed by atoms with van der Waals surface area (Å²) >= 11 is 0. The zero-order valence-corrected chi connectivity index (χ0v) is 23.3. The van der Waals surface area contributed by atoms with Gasteiger partial charge in [-0.05, 0) is 55.4 Å². The first kappa shape index (κ1) is 28.6. The summed E-state index contributed by atoms with van der Waals surface area (Å²) in [5.41, 5.74) is -0.854. The highest BCUT2D eigenvalue weighted by atomic mass is 16.6. The molecule has 9 heteroatoms. The molecule has 2 unspecified atom stereocenters. The molecule has 4 aliphatic rings. The highest BCUT2D eigenvalue weighted by molar-refractivity contribution is 5.92. The van der Waals surface area contributed by atoms with E-state index in [1.807, 2.05) is 0 Å². The van der Waals surface area contributed by atoms with E-state index in [2.05, 4.69) is 13.8 Å². The second-order valence-corrected chi connectivity index (χ2v) is 11.7. The quantitative estimate of drug-likeness (QED) is 0.232. The molecule has 9 nitrogen and oxygen atoms in total. The van der Waals surface area contributed by atoms with Gasteiger partial charge in [-0.2, -0.15) is 0 Å². The largest absolute Gasteiger partial charge is 0.465 e. The normalized spacial score (nSPS) is 36.5. The molecule has 3 fully saturated rings. The maximum atomic E-state index is 12.5. The molecule has 0 radical (unpaired) electrons. The van der Waals surface area contributed by atoms with Crippen LogP contribution in [0.3, 0.4) is 0 Å². The Morgan fingerprint density at radius 3 is 2.29 bits per heavy atom. The highest BCUT2D eigenvalue weighted by Gasteiger charge is 2.68. The maximum Gasteiger partial charge on any atom is 0.337 e. The average molecular weight is 535 g/mol. The third-order valence-corrected chi connectivity index (χ3v) is 9.58. The van der Waals surface area contributed by atoms with Crippen LogP contribution in [0.25, 0.3) is 0 Å². The average Bonchev–Trinajstić information content (AvgIpc) is 3.55. The van der Waals surface area contributed by atoms with Crippen molar-refractivity contribution in [3.8, 4) is 0 Å². The van der Waals surface area contributed by atoms with E-state index in [0.717, 1.165) is 19.3 Å². The topological polar surface area (TPSA) is 118 Å². The minimum atomic E-state index is -0.723. The predicted octanol–water partition coefficient (Wildman–Crippen LogP) is 4.06. The molecule has 38 heavy (non-hydrogen) atoms. The second kappa shape index (κ2) is 11.0. The molecule has 7 atom stereocenters. The van der Waals surface area contributed by atoms with Gasteiger partial charge in [0.2, 0.25) is 0 Å². The van der Waals surface area contributed by atoms with Crippen molar-refractivity contribution < 1.29 is 42.9 Å². The zero-order valence-electron chi connectivity index (χ0n) is 23.3. The fourth-order valence-electron chi connectivity index (χ4n) is 7.38. The smallest absolute Gasteiger partial charge is 0.337 e. The van der Waals surface area contributed by atoms with Gasteiger partial charge in [0.05, 0.1) is 17.8 Å². The molecular formula is C29H42O9. The van der Waals surface area contributed by atoms with E-state index in [9.17, 15) is 19.2 Å². The van der Waals surface area contributed by atoms with Crippen LogP contribution in [-0.2, 0) is 42.9 Å². The van der Waals surface area contributed by atoms with Gasteiger partial charge < -0.3 is 23.7 Å². The van der Waals surface area contributed by atoms with E-state index in [0.29, 0.717) is 25.0 Å². The fraction of sp³-hybridized carbons (Fsp3) is 0.793. The molecule has 1 saturated heterocycles. The van der Waals surface area contributed by atoms with Crippen LogP contribution in [0.1, 0.15) is 86.0 Å². The standard InChI is InChI=1S/C29H42O9/c1-6-23(30)35-16-28(5)20-9-13-29(17-36-29)21(27(20,4)12-10-22(28)38-25(32)8-3)15-19(37-24(31)7-2)18-11-14-34-26(18)33/h11,19-22H,6-10,12-17H2,1-5H3/t19?,20?,21-,22-,27+,28+,29+/m1/s1. The summed E-state index contributed by atoms with van der Waals surface area (Å²) in [6.45, 7) is 10.5. The van der Waals surface area contributed by atoms with Gasteiger partial charge in [0.25, 0.3) is 0 Å². The number of hydrogen-bond acceptors (Lipinski definition) is 9. The summed E-state index contributed by atoms with van der Waals surface area (Å²) in [4.78, 5) is 49.5. The first-order chi connectivity index (χ1) is 18.0. The Morgan fingerprint density at radius 2 is 1.71 bits per heavy atom. The molecule has 2 saturated carbocycles. The number of ether oxygens (including phenoxy) is 5. The molecule has 0 N–H and O–H groups in total. The van der Waals surface area contributed by atoms with Crippen molar-refractivity contribution >= 4 is 23.9 Å². The summed E-state index contributed by atoms with van der Waals surface area (Å²) in [6, 6.07) is 0. The van der Waals surface area contributed by atoms with Crippen molar-refractivity contribution in [1.29, 1.82) is 0 Å². The molecule has 1 spiro atoms. The Hall–Kier alpha value is -2.42. The first-order valence-electron chi connectivity index (χ1n) is 14.1. The molecule has 2 aliphatic carbocycles. The van der Waals surface area contributed by atoms with Gasteiger partial charge in [-0.15, -0.1) is 0 Å². The third kappa shape index (κ3) is 5.23. The summed E-state index contributed by atoms with van der Waals surface area (Å²) in [5.74, 6) is -1.35. The SMILES string of the molecule is CCC(=O)OC[C@@]1(C)C2CC[C@]3(CO3)[C@H](CC(OC(=O)CC)C3=CCOC3=O)[C@@]2(C)CC[C@H]1OC(=O)CC. The Bertz CT molecular complexity index is 983. The van der Waals surface area contributed by atoms with Crippen LogP contribution in [0.2, 0.25) is 0 Å². The highest BCUT2D eigenvalue weighted by Crippen LogP contribution is 2.67. The number of esters is 4. The molecule has 0 aromatic carbocycles. The van der Waals surface area contributed by atoms with Crippen LogP contribution in [-0.4, -0.2) is 61.5 Å². The van der Waals surface area contributed by atoms with Gasteiger partial charge in [-0.3, -0.25) is 14.4 Å². The van der Waals surface area contributed by atoms with Crippen molar-refractivity contribution in [1.82, 2.24) is 0 Å². The van der Waals surface area contributed by atoms with E-state index in [1.54, 1.807) is 26.8 Å². The number of carbonyl (C=O) groups is 4. The van der Waals surface area contributed by atoms with Crippen molar-refractivity contribution in [3.05, 3.63) is 11.6 Å². The Labute approximate surface area is 224 Å². The summed E-state index contributed by atoms with van der Waals surface area (Å²) in [6.07, 6.45) is 4.80. The van der Waals surface area contributed by atoms with E-state index < -0.39 is 17.5 Å². The summed E-state index contributed by atoms with van der Waals surface area (Å²) in [5, 5.41) is 0. The van der Waals surface area contributed by atoms with E-state index in [-0.39, 0.29) is 79.3 Å². The molecular weight excluding hydrogens is 492 g/mol. The monoisotopic (exact) mass is 534 g/mol. The van der Waals surface area contributed by atoms with Gasteiger partial charge in [0.15, 0.2) is 0 Å². The zero-order chi connectivity index (χ0) is 27.7. The number of carbonyl (C=O) groups excluding carboxylic acids is 4. The van der Waals surface area contributed by atoms with Crippen molar-refractivity contribution in [2.75, 3.05) is 19.8 Å². The van der Waals surface area contributed by atoms with Crippen molar-refractivity contribution in [2.45, 2.75) is 104 Å². The lowest BCUT2D eigenvalue weighted by Gasteiger charge is -2.61. The molecule has 2 heterocycles. The van der Waals surface area contributed by atoms with Gasteiger partial charge in [-0.25, -0.2) is 4.79 Å². The van der Waals surface area contributed by atoms with E-state index in [4.69, 9.17) is 23.7 Å². The van der Waals surface area contributed by atoms with Gasteiger partial charge in [0, 0.05) is 24.7 Å². The van der Waals surface area contributed by atoms with Gasteiger partial charge >= 0.3 is 23.9 Å². The lowest BCUT2D eigenvalue weighted by atomic mass is 9.44. The second-order valence-electron chi connectivity index (χ2n) is 11.7. The van der Waals surface area contributed by atoms with Crippen LogP contribution in [0.5, 0.6) is 0 Å². The van der Waals surface area contributed by atoms with Crippen LogP contribution >= 0.6 is 0 Å². The van der Waals surface area contributed by atoms with E-state index in [1.165, 1.54) is 0 Å². The van der Waals surface area contributed by atoms with E-state index >= 15 is 0 Å². The van der Waals surface area contributed by atoms with Crippen molar-refractivity contribution in [2.24, 2.45) is 22.7 Å². The maximum absolute atomic E-state index is 12.5. The minimum absolute atomic E-state index is 0.0262. The molecule has 0 bridgehead atoms. The molecule has 212 valence electrons. The predicted molar refractivity (Wildman–Crippen MR) is 136 cm³/mol. The summed E-state index contributed by atoms with van der Waals surface area (Å²) < 4.78 is 28.8. The van der Waals surface area contributed by atoms with Gasteiger partial charge in [0.1, 0.15) is 25.4 Å². The molecule has 4 rings (SSSR count). The van der Waals surface area contributed by atoms with Crippen LogP contribution < -0.4 is 0 Å². The number of fused-ring (bicyclic) bond motifs is 1. The molecule has 0 amide bonds. The number of epoxide rings is 1. The molecule has 2 aliphatic heterocycles. The Kier molecular flexibility index (Phi) is 8.26. The van der Waals surface area contributed by atoms with Crippen LogP contribution in [0.4, 0.5) is 0 Å². The molecule has 0 aromatic rings. The third-order valence-electron chi connectivity index (χ3n) is 9.58. The number of hydrogen-bond donors (Lipinski definition) is 0. The van der Waals surface area contributed by atoms with Crippen molar-refractivity contribution in [3.63, 3.8) is 0 Å². The van der Waals surface area contributed by atoms with Crippen LogP contribution in [0.15, 0.2) is 11.6 Å². The number of rotatable bonds is 10. The Morgan fingerprint density at radius 1 is 1.03 bits per heavy atom. The lowest BCUT2D eigenvalue weighted by molar-refractivity contribution is -0.206. The Balaban J connectivity index is 1.68.